The topological polar surface area (TPSA) is 55.4 Å². The van der Waals surface area contributed by atoms with Crippen LogP contribution in [0.15, 0.2) is 29.2 Å². The molecule has 0 aliphatic heterocycles. The van der Waals surface area contributed by atoms with Gasteiger partial charge >= 0.3 is 5.76 Å². The normalized spacial score (nSPS) is 13.6. The fourth-order valence-electron chi connectivity index (χ4n) is 1.21. The van der Waals surface area contributed by atoms with Gasteiger partial charge in [-0.1, -0.05) is 0 Å². The van der Waals surface area contributed by atoms with Gasteiger partial charge in [-0.05, 0) is 31.2 Å². The number of methoxy groups -OCH3 is 1. The van der Waals surface area contributed by atoms with Gasteiger partial charge in [0.15, 0.2) is 0 Å². The molecule has 1 rings (SSSR count). The van der Waals surface area contributed by atoms with Gasteiger partial charge in [-0.25, -0.2) is 8.42 Å². The minimum Gasteiger partial charge on any atom is -0.382 e. The smallest absolute Gasteiger partial charge is 0.341 e. The molecule has 4 nitrogen and oxygen atoms in total. The number of hydrogen-bond acceptors (Lipinski definition) is 4. The number of rotatable bonds is 6. The third-order valence-corrected chi connectivity index (χ3v) is 3.81. The third-order valence-electron chi connectivity index (χ3n) is 2.41. The van der Waals surface area contributed by atoms with E-state index in [-0.39, 0.29) is 11.0 Å². The van der Waals surface area contributed by atoms with Gasteiger partial charge in [0.2, 0.25) is 9.84 Å². The Bertz CT molecular complexity index is 474. The quantitative estimate of drug-likeness (QED) is 0.866. The number of sulfone groups is 1. The fourth-order valence-corrected chi connectivity index (χ4v) is 1.93. The van der Waals surface area contributed by atoms with Crippen LogP contribution >= 0.6 is 0 Å². The van der Waals surface area contributed by atoms with Crippen LogP contribution in [0.4, 0.5) is 14.5 Å². The molecule has 1 aromatic carbocycles. The van der Waals surface area contributed by atoms with Crippen LogP contribution in [0.2, 0.25) is 0 Å². The van der Waals surface area contributed by atoms with Gasteiger partial charge in [0.05, 0.1) is 11.0 Å². The van der Waals surface area contributed by atoms with E-state index in [9.17, 15) is 17.2 Å². The molecule has 0 aliphatic rings. The van der Waals surface area contributed by atoms with Crippen LogP contribution in [0.25, 0.3) is 0 Å². The van der Waals surface area contributed by atoms with E-state index >= 15 is 0 Å². The van der Waals surface area contributed by atoms with E-state index in [1.54, 1.807) is 7.11 Å². The zero-order valence-corrected chi connectivity index (χ0v) is 10.9. The Hall–Kier alpha value is -1.21. The molecule has 7 heteroatoms. The Morgan fingerprint density at radius 3 is 2.28 bits per heavy atom. The van der Waals surface area contributed by atoms with Gasteiger partial charge in [-0.15, -0.1) is 0 Å². The first-order valence-electron chi connectivity index (χ1n) is 5.26. The largest absolute Gasteiger partial charge is 0.382 e. The van der Waals surface area contributed by atoms with E-state index in [1.807, 2.05) is 6.92 Å². The van der Waals surface area contributed by atoms with Crippen LogP contribution in [0.1, 0.15) is 6.92 Å². The fraction of sp³-hybridized carbons (Fsp3) is 0.455. The van der Waals surface area contributed by atoms with E-state index in [0.717, 1.165) is 12.1 Å². The highest BCUT2D eigenvalue weighted by molar-refractivity contribution is 7.91. The Labute approximate surface area is 105 Å². The third kappa shape index (κ3) is 3.64. The van der Waals surface area contributed by atoms with Gasteiger partial charge in [0.1, 0.15) is 0 Å². The van der Waals surface area contributed by atoms with Crippen molar-refractivity contribution in [2.45, 2.75) is 23.7 Å². The highest BCUT2D eigenvalue weighted by Crippen LogP contribution is 2.20. The second kappa shape index (κ2) is 6.10. The first-order valence-corrected chi connectivity index (χ1v) is 6.81. The van der Waals surface area contributed by atoms with Crippen LogP contribution in [0, 0.1) is 0 Å². The van der Waals surface area contributed by atoms with E-state index in [4.69, 9.17) is 4.74 Å². The van der Waals surface area contributed by atoms with Gasteiger partial charge in [-0.2, -0.15) is 8.78 Å². The van der Waals surface area contributed by atoms with Crippen molar-refractivity contribution in [1.82, 2.24) is 0 Å². The summed E-state index contributed by atoms with van der Waals surface area (Å²) in [7, 11) is -2.94. The maximum atomic E-state index is 12.3. The summed E-state index contributed by atoms with van der Waals surface area (Å²) in [5.41, 5.74) is 0.645. The SMILES string of the molecule is COC(C)CNc1ccc(S(=O)(=O)C(F)F)cc1. The molecule has 0 saturated heterocycles. The number of halogens is 2. The number of anilines is 1. The molecule has 102 valence electrons. The molecule has 18 heavy (non-hydrogen) atoms. The van der Waals surface area contributed by atoms with Crippen molar-refractivity contribution in [3.05, 3.63) is 24.3 Å². The van der Waals surface area contributed by atoms with Crippen LogP contribution < -0.4 is 5.32 Å². The Kier molecular flexibility index (Phi) is 5.03. The van der Waals surface area contributed by atoms with Crippen molar-refractivity contribution < 1.29 is 21.9 Å². The van der Waals surface area contributed by atoms with Crippen LogP contribution in [0.3, 0.4) is 0 Å². The first kappa shape index (κ1) is 14.8. The second-order valence-corrected chi connectivity index (χ2v) is 5.68. The molecule has 1 N–H and O–H groups in total. The highest BCUT2D eigenvalue weighted by atomic mass is 32.2. The van der Waals surface area contributed by atoms with Crippen molar-refractivity contribution in [1.29, 1.82) is 0 Å². The summed E-state index contributed by atoms with van der Waals surface area (Å²) >= 11 is 0. The van der Waals surface area contributed by atoms with Gasteiger partial charge < -0.3 is 10.1 Å². The molecular weight excluding hydrogens is 264 g/mol. The van der Waals surface area contributed by atoms with Crippen molar-refractivity contribution in [2.24, 2.45) is 0 Å². The summed E-state index contributed by atoms with van der Waals surface area (Å²) in [6, 6.07) is 5.19. The standard InChI is InChI=1S/C11H15F2NO3S/c1-8(17-2)7-14-9-3-5-10(6-4-9)18(15,16)11(12)13/h3-6,8,11,14H,7H2,1-2H3. The lowest BCUT2D eigenvalue weighted by atomic mass is 10.3. The summed E-state index contributed by atoms with van der Waals surface area (Å²) < 4.78 is 51.9. The molecule has 0 radical (unpaired) electrons. The Morgan fingerprint density at radius 1 is 1.28 bits per heavy atom. The molecule has 1 atom stereocenters. The Balaban J connectivity index is 2.75. The predicted molar refractivity (Wildman–Crippen MR) is 64.6 cm³/mol. The molecule has 0 spiro atoms. The zero-order chi connectivity index (χ0) is 13.8. The first-order chi connectivity index (χ1) is 8.37. The molecule has 0 amide bonds. The average molecular weight is 279 g/mol. The summed E-state index contributed by atoms with van der Waals surface area (Å²) in [6.07, 6.45) is -0.00512. The van der Waals surface area contributed by atoms with Crippen molar-refractivity contribution in [3.63, 3.8) is 0 Å². The minimum atomic E-state index is -4.52. The lowest BCUT2D eigenvalue weighted by Crippen LogP contribution is -2.18. The van der Waals surface area contributed by atoms with Crippen LogP contribution in [-0.4, -0.2) is 33.9 Å². The number of benzene rings is 1. The molecule has 0 fully saturated rings. The number of alkyl halides is 2. The van der Waals surface area contributed by atoms with Crippen LogP contribution in [-0.2, 0) is 14.6 Å². The maximum Gasteiger partial charge on any atom is 0.341 e. The average Bonchev–Trinajstić information content (AvgIpc) is 2.36. The van der Waals surface area contributed by atoms with E-state index in [0.29, 0.717) is 12.2 Å². The summed E-state index contributed by atoms with van der Waals surface area (Å²) in [5.74, 6) is -3.40. The van der Waals surface area contributed by atoms with Crippen LogP contribution in [0.5, 0.6) is 0 Å². The molecule has 1 aromatic rings. The zero-order valence-electron chi connectivity index (χ0n) is 10.1. The van der Waals surface area contributed by atoms with Gasteiger partial charge in [0, 0.05) is 19.3 Å². The maximum absolute atomic E-state index is 12.3. The molecule has 0 saturated carbocycles. The van der Waals surface area contributed by atoms with Gasteiger partial charge in [-0.3, -0.25) is 0 Å². The second-order valence-electron chi connectivity index (χ2n) is 3.76. The van der Waals surface area contributed by atoms with Crippen molar-refractivity contribution in [2.75, 3.05) is 19.0 Å². The highest BCUT2D eigenvalue weighted by Gasteiger charge is 2.26. The Morgan fingerprint density at radius 2 is 1.83 bits per heavy atom. The summed E-state index contributed by atoms with van der Waals surface area (Å²) in [4.78, 5) is -0.386. The van der Waals surface area contributed by atoms with Crippen molar-refractivity contribution in [3.8, 4) is 0 Å². The molecular formula is C11H15F2NO3S. The van der Waals surface area contributed by atoms with E-state index in [2.05, 4.69) is 5.32 Å². The molecule has 0 bridgehead atoms. The molecule has 0 aliphatic carbocycles. The molecule has 0 aromatic heterocycles. The van der Waals surface area contributed by atoms with Gasteiger partial charge in [0.25, 0.3) is 0 Å². The summed E-state index contributed by atoms with van der Waals surface area (Å²) in [5, 5.41) is 3.00. The van der Waals surface area contributed by atoms with E-state index < -0.39 is 15.6 Å². The summed E-state index contributed by atoms with van der Waals surface area (Å²) in [6.45, 7) is 2.40. The number of nitrogens with one attached hydrogen (secondary N) is 1. The predicted octanol–water partition coefficient (Wildman–Crippen LogP) is 2.13. The van der Waals surface area contributed by atoms with E-state index in [1.165, 1.54) is 12.1 Å². The minimum absolute atomic E-state index is 0.00512. The lowest BCUT2D eigenvalue weighted by Gasteiger charge is -2.12. The number of hydrogen-bond donors (Lipinski definition) is 1. The monoisotopic (exact) mass is 279 g/mol. The molecule has 1 unspecified atom stereocenters. The number of ether oxygens (including phenoxy) is 1. The molecule has 0 heterocycles. The lowest BCUT2D eigenvalue weighted by molar-refractivity contribution is 0.129. The van der Waals surface area contributed by atoms with Crippen molar-refractivity contribution >= 4 is 15.5 Å².